The third-order valence-corrected chi connectivity index (χ3v) is 6.30. The summed E-state index contributed by atoms with van der Waals surface area (Å²) in [5, 5.41) is 4.59. The first-order chi connectivity index (χ1) is 15.0. The van der Waals surface area contributed by atoms with Gasteiger partial charge in [-0.25, -0.2) is 0 Å². The lowest BCUT2D eigenvalue weighted by Crippen LogP contribution is -2.70. The first kappa shape index (κ1) is 19.8. The van der Waals surface area contributed by atoms with Gasteiger partial charge in [0.25, 0.3) is 5.91 Å². The van der Waals surface area contributed by atoms with E-state index in [-0.39, 0.29) is 18.0 Å². The average molecular weight is 418 g/mol. The molecule has 31 heavy (non-hydrogen) atoms. The maximum absolute atomic E-state index is 13.3. The average Bonchev–Trinajstić information content (AvgIpc) is 3.15. The molecule has 1 aromatic carbocycles. The highest BCUT2D eigenvalue weighted by atomic mass is 16.5. The topological polar surface area (TPSA) is 63.5 Å². The van der Waals surface area contributed by atoms with Crippen molar-refractivity contribution < 1.29 is 9.53 Å². The molecule has 0 saturated carbocycles. The second kappa shape index (κ2) is 7.81. The molecule has 0 radical (unpaired) electrons. The van der Waals surface area contributed by atoms with Gasteiger partial charge in [-0.05, 0) is 43.7 Å². The Labute approximate surface area is 182 Å². The lowest BCUT2D eigenvalue weighted by atomic mass is 9.86. The van der Waals surface area contributed by atoms with E-state index in [4.69, 9.17) is 4.74 Å². The molecule has 2 atom stereocenters. The van der Waals surface area contributed by atoms with Gasteiger partial charge in [-0.2, -0.15) is 5.10 Å². The first-order valence-corrected chi connectivity index (χ1v) is 10.7. The van der Waals surface area contributed by atoms with Gasteiger partial charge in [0.05, 0.1) is 18.5 Å². The molecule has 0 spiro atoms. The number of nitrogens with zero attached hydrogens (tertiary/aromatic N) is 5. The van der Waals surface area contributed by atoms with Crippen molar-refractivity contribution in [1.29, 1.82) is 0 Å². The Kier molecular flexibility index (Phi) is 4.98. The lowest BCUT2D eigenvalue weighted by Gasteiger charge is -2.56. The van der Waals surface area contributed by atoms with Gasteiger partial charge in [-0.3, -0.25) is 19.4 Å². The summed E-state index contributed by atoms with van der Waals surface area (Å²) >= 11 is 0. The molecule has 0 aliphatic carbocycles. The van der Waals surface area contributed by atoms with Crippen LogP contribution in [0.15, 0.2) is 48.5 Å². The summed E-state index contributed by atoms with van der Waals surface area (Å²) in [6, 6.07) is 16.3. The molecule has 3 fully saturated rings. The van der Waals surface area contributed by atoms with Crippen LogP contribution in [0.5, 0.6) is 5.75 Å². The van der Waals surface area contributed by atoms with Crippen LogP contribution in [0.2, 0.25) is 0 Å². The summed E-state index contributed by atoms with van der Waals surface area (Å²) in [5.41, 5.74) is 4.48. The van der Waals surface area contributed by atoms with Crippen molar-refractivity contribution in [3.63, 3.8) is 0 Å². The molecule has 2 aromatic heterocycles. The number of benzene rings is 1. The summed E-state index contributed by atoms with van der Waals surface area (Å²) in [4.78, 5) is 22.4. The number of aromatic nitrogens is 3. The van der Waals surface area contributed by atoms with E-state index in [0.29, 0.717) is 5.69 Å². The molecule has 2 bridgehead atoms. The number of carbonyl (C=O) groups is 1. The number of piperazine rings is 1. The monoisotopic (exact) mass is 417 g/mol. The zero-order valence-corrected chi connectivity index (χ0v) is 18.2. The molecule has 1 amide bonds. The number of hydrogen-bond acceptors (Lipinski definition) is 5. The second-order valence-electron chi connectivity index (χ2n) is 8.49. The van der Waals surface area contributed by atoms with Gasteiger partial charge in [0.2, 0.25) is 0 Å². The van der Waals surface area contributed by atoms with E-state index >= 15 is 0 Å². The van der Waals surface area contributed by atoms with E-state index in [1.54, 1.807) is 11.8 Å². The van der Waals surface area contributed by atoms with Gasteiger partial charge in [0.15, 0.2) is 0 Å². The molecule has 3 aliphatic rings. The molecule has 0 N–H and O–H groups in total. The van der Waals surface area contributed by atoms with Crippen molar-refractivity contribution in [2.45, 2.75) is 32.0 Å². The minimum atomic E-state index is 0.0683. The van der Waals surface area contributed by atoms with Crippen LogP contribution in [-0.4, -0.2) is 62.8 Å². The predicted molar refractivity (Wildman–Crippen MR) is 118 cm³/mol. The SMILES string of the molecule is COc1cccc(-c2cc(C(=O)N3C4CC3CN(Cc3cccc(C)n3)C4)n(C)n2)c1. The van der Waals surface area contributed by atoms with Crippen molar-refractivity contribution >= 4 is 5.91 Å². The molecule has 3 aromatic rings. The van der Waals surface area contributed by atoms with Crippen molar-refractivity contribution in [3.05, 3.63) is 65.6 Å². The smallest absolute Gasteiger partial charge is 0.272 e. The maximum atomic E-state index is 13.3. The van der Waals surface area contributed by atoms with Crippen molar-refractivity contribution in [2.24, 2.45) is 7.05 Å². The van der Waals surface area contributed by atoms with E-state index in [1.165, 1.54) is 0 Å². The predicted octanol–water partition coefficient (Wildman–Crippen LogP) is 2.90. The molecule has 7 heteroatoms. The highest BCUT2D eigenvalue weighted by Gasteiger charge is 2.47. The van der Waals surface area contributed by atoms with Gasteiger partial charge in [-0.1, -0.05) is 18.2 Å². The first-order valence-electron chi connectivity index (χ1n) is 10.7. The van der Waals surface area contributed by atoms with Crippen molar-refractivity contribution in [2.75, 3.05) is 20.2 Å². The molecule has 6 rings (SSSR count). The highest BCUT2D eigenvalue weighted by Crippen LogP contribution is 2.35. The third kappa shape index (κ3) is 3.70. The van der Waals surface area contributed by atoms with Crippen LogP contribution < -0.4 is 4.74 Å². The summed E-state index contributed by atoms with van der Waals surface area (Å²) in [6.07, 6.45) is 1.07. The zero-order chi connectivity index (χ0) is 21.5. The van der Waals surface area contributed by atoms with E-state index in [1.807, 2.05) is 55.3 Å². The van der Waals surface area contributed by atoms with E-state index < -0.39 is 0 Å². The Morgan fingerprint density at radius 3 is 2.65 bits per heavy atom. The van der Waals surface area contributed by atoms with Gasteiger partial charge in [0, 0.05) is 50.0 Å². The fraction of sp³-hybridized carbons (Fsp3) is 0.375. The Morgan fingerprint density at radius 1 is 1.13 bits per heavy atom. The van der Waals surface area contributed by atoms with E-state index in [0.717, 1.165) is 54.4 Å². The third-order valence-electron chi connectivity index (χ3n) is 6.30. The number of rotatable bonds is 5. The van der Waals surface area contributed by atoms with Crippen LogP contribution in [-0.2, 0) is 13.6 Å². The van der Waals surface area contributed by atoms with Crippen LogP contribution in [0.25, 0.3) is 11.3 Å². The second-order valence-corrected chi connectivity index (χ2v) is 8.49. The fourth-order valence-corrected chi connectivity index (χ4v) is 4.80. The van der Waals surface area contributed by atoms with Gasteiger partial charge >= 0.3 is 0 Å². The number of amides is 1. The van der Waals surface area contributed by atoms with E-state index in [2.05, 4.69) is 27.1 Å². The summed E-state index contributed by atoms with van der Waals surface area (Å²) < 4.78 is 7.01. The van der Waals surface area contributed by atoms with Crippen LogP contribution in [0.3, 0.4) is 0 Å². The van der Waals surface area contributed by atoms with Crippen LogP contribution >= 0.6 is 0 Å². The van der Waals surface area contributed by atoms with Gasteiger partial charge < -0.3 is 9.64 Å². The number of fused-ring (bicyclic) bond motifs is 2. The highest BCUT2D eigenvalue weighted by molar-refractivity contribution is 5.95. The van der Waals surface area contributed by atoms with E-state index in [9.17, 15) is 4.79 Å². The maximum Gasteiger partial charge on any atom is 0.272 e. The lowest BCUT2D eigenvalue weighted by molar-refractivity contribution is -0.0508. The molecular weight excluding hydrogens is 390 g/mol. The number of piperidine rings is 1. The molecular formula is C24H27N5O2. The molecule has 3 aliphatic heterocycles. The minimum Gasteiger partial charge on any atom is -0.497 e. The van der Waals surface area contributed by atoms with Crippen molar-refractivity contribution in [3.8, 4) is 17.0 Å². The Hall–Kier alpha value is -3.19. The molecule has 2 unspecified atom stereocenters. The number of pyridine rings is 1. The molecule has 7 nitrogen and oxygen atoms in total. The van der Waals surface area contributed by atoms with Gasteiger partial charge in [0.1, 0.15) is 11.4 Å². The minimum absolute atomic E-state index is 0.0683. The number of methoxy groups -OCH3 is 1. The number of hydrogen-bond donors (Lipinski definition) is 0. The Bertz CT molecular complexity index is 1110. The molecule has 5 heterocycles. The van der Waals surface area contributed by atoms with Crippen LogP contribution in [0.4, 0.5) is 0 Å². The van der Waals surface area contributed by atoms with Crippen LogP contribution in [0, 0.1) is 6.92 Å². The number of ether oxygens (including phenoxy) is 1. The molecule has 3 saturated heterocycles. The standard InChI is InChI=1S/C24H27N5O2/c1-16-6-4-8-18(25-16)13-28-14-19-11-20(15-28)29(19)24(30)23-12-22(26-27(23)2)17-7-5-9-21(10-17)31-3/h4-10,12,19-20H,11,13-15H2,1-3H3. The number of carbonyl (C=O) groups excluding carboxylic acids is 1. The quantitative estimate of drug-likeness (QED) is 0.639. The van der Waals surface area contributed by atoms with Crippen LogP contribution in [0.1, 0.15) is 28.3 Å². The normalized spacial score (nSPS) is 20.4. The fourth-order valence-electron chi connectivity index (χ4n) is 4.80. The summed E-state index contributed by atoms with van der Waals surface area (Å²) in [6.45, 7) is 4.63. The zero-order valence-electron chi connectivity index (χ0n) is 18.2. The Balaban J connectivity index is 1.29. The molecule has 160 valence electrons. The Morgan fingerprint density at radius 2 is 1.90 bits per heavy atom. The number of aryl methyl sites for hydroxylation is 2. The summed E-state index contributed by atoms with van der Waals surface area (Å²) in [5.74, 6) is 0.843. The van der Waals surface area contributed by atoms with Gasteiger partial charge in [-0.15, -0.1) is 0 Å². The van der Waals surface area contributed by atoms with Crippen molar-refractivity contribution in [1.82, 2.24) is 24.6 Å². The summed E-state index contributed by atoms with van der Waals surface area (Å²) in [7, 11) is 3.48. The largest absolute Gasteiger partial charge is 0.497 e.